The first-order chi connectivity index (χ1) is 8.19. The van der Waals surface area contributed by atoms with Crippen molar-refractivity contribution < 1.29 is 14.6 Å². The molecule has 0 aromatic carbocycles. The summed E-state index contributed by atoms with van der Waals surface area (Å²) < 4.78 is 4.91. The Bertz CT molecular complexity index is 212. The summed E-state index contributed by atoms with van der Waals surface area (Å²) in [6.45, 7) is 8.49. The minimum Gasteiger partial charge on any atom is -0.447 e. The Hall–Kier alpha value is -0.810. The number of amides is 1. The smallest absolute Gasteiger partial charge is 0.410 e. The van der Waals surface area contributed by atoms with Gasteiger partial charge in [-0.25, -0.2) is 4.79 Å². The van der Waals surface area contributed by atoms with Gasteiger partial charge in [-0.05, 0) is 26.9 Å². The number of rotatable bonds is 4. The number of aliphatic hydroxyl groups excluding tert-OH is 1. The van der Waals surface area contributed by atoms with Crippen LogP contribution in [0.3, 0.4) is 0 Å². The number of likely N-dealkylation sites (tertiary alicyclic amines) is 1. The maximum absolute atomic E-state index is 11.6. The Balaban J connectivity index is 0.00000121. The minimum atomic E-state index is -0.313. The Kier molecular flexibility index (Phi) is 8.80. The molecule has 17 heavy (non-hydrogen) atoms. The first-order valence-electron chi connectivity index (χ1n) is 6.41. The van der Waals surface area contributed by atoms with E-state index in [1.165, 1.54) is 0 Å². The van der Waals surface area contributed by atoms with Crippen molar-refractivity contribution in [2.75, 3.05) is 39.9 Å². The number of carbonyl (C=O) groups excluding carboxylic acids is 1. The van der Waals surface area contributed by atoms with Crippen LogP contribution in [0.15, 0.2) is 0 Å². The van der Waals surface area contributed by atoms with Gasteiger partial charge in [-0.2, -0.15) is 0 Å². The molecule has 0 radical (unpaired) electrons. The van der Waals surface area contributed by atoms with Crippen molar-refractivity contribution in [1.29, 1.82) is 0 Å². The summed E-state index contributed by atoms with van der Waals surface area (Å²) in [5, 5.41) is 8.57. The van der Waals surface area contributed by atoms with Crippen LogP contribution < -0.4 is 0 Å². The normalized spacial score (nSPS) is 19.5. The van der Waals surface area contributed by atoms with E-state index in [0.29, 0.717) is 6.54 Å². The van der Waals surface area contributed by atoms with E-state index in [1.54, 1.807) is 4.90 Å². The number of ether oxygens (including phenoxy) is 1. The average Bonchev–Trinajstić information content (AvgIpc) is 2.76. The van der Waals surface area contributed by atoms with Crippen LogP contribution in [-0.2, 0) is 4.74 Å². The fourth-order valence-electron chi connectivity index (χ4n) is 1.92. The maximum atomic E-state index is 11.6. The van der Waals surface area contributed by atoms with Crippen molar-refractivity contribution >= 4 is 6.09 Å². The Morgan fingerprint density at radius 3 is 2.59 bits per heavy atom. The van der Waals surface area contributed by atoms with Crippen LogP contribution >= 0.6 is 0 Å². The SMILES string of the molecule is CC.CCN(C(=O)OCCO)C1CCN(C)C1. The molecule has 1 saturated heterocycles. The molecule has 0 aliphatic carbocycles. The van der Waals surface area contributed by atoms with E-state index in [-0.39, 0.29) is 25.3 Å². The standard InChI is InChI=1S/C10H20N2O3.C2H6/c1-3-12(10(14)15-7-6-13)9-4-5-11(2)8-9;1-2/h9,13H,3-8H2,1-2H3;1-2H3. The fourth-order valence-corrected chi connectivity index (χ4v) is 1.92. The van der Waals surface area contributed by atoms with Crippen LogP contribution in [0, 0.1) is 0 Å². The second-order valence-electron chi connectivity index (χ2n) is 3.83. The second-order valence-corrected chi connectivity index (χ2v) is 3.83. The molecule has 0 bridgehead atoms. The molecule has 5 heteroatoms. The zero-order valence-electron chi connectivity index (χ0n) is 11.5. The molecule has 5 nitrogen and oxygen atoms in total. The van der Waals surface area contributed by atoms with Crippen LogP contribution in [0.25, 0.3) is 0 Å². The molecule has 102 valence electrons. The van der Waals surface area contributed by atoms with E-state index in [2.05, 4.69) is 4.90 Å². The van der Waals surface area contributed by atoms with Crippen LogP contribution in [0.4, 0.5) is 4.79 Å². The minimum absolute atomic E-state index is 0.0812. The molecule has 1 heterocycles. The zero-order valence-corrected chi connectivity index (χ0v) is 11.5. The maximum Gasteiger partial charge on any atom is 0.410 e. The largest absolute Gasteiger partial charge is 0.447 e. The summed E-state index contributed by atoms with van der Waals surface area (Å²) in [7, 11) is 2.05. The summed E-state index contributed by atoms with van der Waals surface area (Å²) in [4.78, 5) is 15.5. The number of hydrogen-bond acceptors (Lipinski definition) is 4. The van der Waals surface area contributed by atoms with Crippen molar-refractivity contribution in [3.63, 3.8) is 0 Å². The molecule has 1 aliphatic heterocycles. The van der Waals surface area contributed by atoms with Gasteiger partial charge in [0.25, 0.3) is 0 Å². The van der Waals surface area contributed by atoms with Gasteiger partial charge in [0.15, 0.2) is 0 Å². The van der Waals surface area contributed by atoms with Crippen LogP contribution in [0.2, 0.25) is 0 Å². The van der Waals surface area contributed by atoms with Crippen LogP contribution in [-0.4, -0.2) is 66.9 Å². The molecule has 1 atom stereocenters. The average molecular weight is 246 g/mol. The van der Waals surface area contributed by atoms with Crippen molar-refractivity contribution in [1.82, 2.24) is 9.80 Å². The Morgan fingerprint density at radius 2 is 2.18 bits per heavy atom. The van der Waals surface area contributed by atoms with Gasteiger partial charge >= 0.3 is 6.09 Å². The lowest BCUT2D eigenvalue weighted by molar-refractivity contribution is 0.0740. The molecule has 1 rings (SSSR count). The molecule has 1 unspecified atom stereocenters. The Morgan fingerprint density at radius 1 is 1.53 bits per heavy atom. The highest BCUT2D eigenvalue weighted by molar-refractivity contribution is 5.68. The lowest BCUT2D eigenvalue weighted by atomic mass is 10.2. The highest BCUT2D eigenvalue weighted by atomic mass is 16.6. The summed E-state index contributed by atoms with van der Waals surface area (Å²) in [5.74, 6) is 0. The molecule has 0 saturated carbocycles. The fraction of sp³-hybridized carbons (Fsp3) is 0.917. The highest BCUT2D eigenvalue weighted by Gasteiger charge is 2.28. The third kappa shape index (κ3) is 5.37. The quantitative estimate of drug-likeness (QED) is 0.809. The third-order valence-electron chi connectivity index (χ3n) is 2.70. The highest BCUT2D eigenvalue weighted by Crippen LogP contribution is 2.14. The molecular formula is C12H26N2O3. The predicted octanol–water partition coefficient (Wildman–Crippen LogP) is 1.17. The number of nitrogens with zero attached hydrogens (tertiary/aromatic N) is 2. The van der Waals surface area contributed by atoms with Gasteiger partial charge in [-0.1, -0.05) is 13.8 Å². The second kappa shape index (κ2) is 9.24. The van der Waals surface area contributed by atoms with Gasteiger partial charge in [-0.3, -0.25) is 0 Å². The van der Waals surface area contributed by atoms with E-state index in [0.717, 1.165) is 19.5 Å². The number of aliphatic hydroxyl groups is 1. The van der Waals surface area contributed by atoms with E-state index >= 15 is 0 Å². The molecule has 1 fully saturated rings. The van der Waals surface area contributed by atoms with Crippen molar-refractivity contribution in [2.45, 2.75) is 33.2 Å². The molecule has 0 aromatic heterocycles. The summed E-state index contributed by atoms with van der Waals surface area (Å²) in [6, 6.07) is 0.256. The van der Waals surface area contributed by atoms with Crippen molar-refractivity contribution in [3.8, 4) is 0 Å². The lowest BCUT2D eigenvalue weighted by Gasteiger charge is -2.26. The third-order valence-corrected chi connectivity index (χ3v) is 2.70. The topological polar surface area (TPSA) is 53.0 Å². The Labute approximate surface area is 104 Å². The summed E-state index contributed by atoms with van der Waals surface area (Å²) in [6.07, 6.45) is 0.685. The number of hydrogen-bond donors (Lipinski definition) is 1. The van der Waals surface area contributed by atoms with Gasteiger partial charge in [0.1, 0.15) is 6.61 Å². The van der Waals surface area contributed by atoms with Crippen molar-refractivity contribution in [2.24, 2.45) is 0 Å². The zero-order chi connectivity index (χ0) is 13.3. The van der Waals surface area contributed by atoms with Crippen LogP contribution in [0.1, 0.15) is 27.2 Å². The monoisotopic (exact) mass is 246 g/mol. The molecule has 1 N–H and O–H groups in total. The summed E-state index contributed by atoms with van der Waals surface area (Å²) >= 11 is 0. The van der Waals surface area contributed by atoms with Gasteiger partial charge in [0.05, 0.1) is 6.61 Å². The lowest BCUT2D eigenvalue weighted by Crippen LogP contribution is -2.42. The van der Waals surface area contributed by atoms with Gasteiger partial charge < -0.3 is 19.6 Å². The van der Waals surface area contributed by atoms with Gasteiger partial charge in [-0.15, -0.1) is 0 Å². The number of carbonyl (C=O) groups is 1. The molecule has 0 aromatic rings. The van der Waals surface area contributed by atoms with Gasteiger partial charge in [0, 0.05) is 19.1 Å². The van der Waals surface area contributed by atoms with E-state index in [9.17, 15) is 4.79 Å². The first-order valence-corrected chi connectivity index (χ1v) is 6.41. The predicted molar refractivity (Wildman–Crippen MR) is 68.1 cm³/mol. The van der Waals surface area contributed by atoms with E-state index in [1.807, 2.05) is 27.8 Å². The van der Waals surface area contributed by atoms with Crippen LogP contribution in [0.5, 0.6) is 0 Å². The number of likely N-dealkylation sites (N-methyl/N-ethyl adjacent to an activating group) is 2. The summed E-state index contributed by atoms with van der Waals surface area (Å²) in [5.41, 5.74) is 0. The van der Waals surface area contributed by atoms with E-state index in [4.69, 9.17) is 9.84 Å². The first kappa shape index (κ1) is 16.2. The van der Waals surface area contributed by atoms with Gasteiger partial charge in [0.2, 0.25) is 0 Å². The molecular weight excluding hydrogens is 220 g/mol. The van der Waals surface area contributed by atoms with Crippen molar-refractivity contribution in [3.05, 3.63) is 0 Å². The molecule has 1 aliphatic rings. The molecule has 1 amide bonds. The molecule has 0 spiro atoms. The van der Waals surface area contributed by atoms with E-state index < -0.39 is 0 Å².